The fourth-order valence-electron chi connectivity index (χ4n) is 1.82. The summed E-state index contributed by atoms with van der Waals surface area (Å²) >= 11 is 3.31. The van der Waals surface area contributed by atoms with Crippen LogP contribution in [0.15, 0.2) is 53.0 Å². The van der Waals surface area contributed by atoms with E-state index in [1.165, 1.54) is 36.2 Å². The number of nitrogens with zero attached hydrogens (tertiary/aromatic N) is 1. The van der Waals surface area contributed by atoms with Gasteiger partial charge in [0.1, 0.15) is 11.6 Å². The molecular weight excluding hydrogens is 379 g/mol. The first-order valence-electron chi connectivity index (χ1n) is 7.12. The molecule has 2 aromatic rings. The number of carbonyl (C=O) groups excluding carboxylic acids is 2. The minimum atomic E-state index is -0.384. The van der Waals surface area contributed by atoms with Crippen LogP contribution in [-0.2, 0) is 9.59 Å². The molecule has 7 heteroatoms. The molecule has 0 spiro atoms. The molecule has 0 aromatic heterocycles. The fourth-order valence-corrected chi connectivity index (χ4v) is 2.09. The summed E-state index contributed by atoms with van der Waals surface area (Å²) < 4.78 is 19.1. The lowest BCUT2D eigenvalue weighted by atomic mass is 10.3. The van der Waals surface area contributed by atoms with Crippen molar-refractivity contribution >= 4 is 33.4 Å². The van der Waals surface area contributed by atoms with Gasteiger partial charge in [0.15, 0.2) is 6.61 Å². The summed E-state index contributed by atoms with van der Waals surface area (Å²) in [4.78, 5) is 25.1. The third-order valence-electron chi connectivity index (χ3n) is 3.11. The summed E-state index contributed by atoms with van der Waals surface area (Å²) in [6.07, 6.45) is 0. The van der Waals surface area contributed by atoms with Gasteiger partial charge in [-0.1, -0.05) is 15.9 Å². The van der Waals surface area contributed by atoms with Crippen molar-refractivity contribution in [1.82, 2.24) is 4.90 Å². The lowest BCUT2D eigenvalue weighted by molar-refractivity contribution is -0.135. The minimum absolute atomic E-state index is 0.125. The summed E-state index contributed by atoms with van der Waals surface area (Å²) in [5, 5.41) is 2.59. The number of nitrogens with one attached hydrogen (secondary N) is 1. The predicted octanol–water partition coefficient (Wildman–Crippen LogP) is 3.06. The molecule has 0 saturated heterocycles. The van der Waals surface area contributed by atoms with E-state index in [-0.39, 0.29) is 30.8 Å². The van der Waals surface area contributed by atoms with Gasteiger partial charge < -0.3 is 15.0 Å². The molecule has 2 aromatic carbocycles. The molecule has 2 amide bonds. The quantitative estimate of drug-likeness (QED) is 0.818. The van der Waals surface area contributed by atoms with Gasteiger partial charge in [-0.2, -0.15) is 0 Å². The number of carbonyl (C=O) groups is 2. The summed E-state index contributed by atoms with van der Waals surface area (Å²) in [7, 11) is 1.51. The Balaban J connectivity index is 1.78. The van der Waals surface area contributed by atoms with Gasteiger partial charge in [-0.05, 0) is 48.5 Å². The zero-order chi connectivity index (χ0) is 17.5. The third kappa shape index (κ3) is 5.66. The van der Waals surface area contributed by atoms with Crippen LogP contribution >= 0.6 is 15.9 Å². The molecule has 2 rings (SSSR count). The fraction of sp³-hybridized carbons (Fsp3) is 0.176. The van der Waals surface area contributed by atoms with Crippen LogP contribution in [0.5, 0.6) is 5.75 Å². The van der Waals surface area contributed by atoms with Crippen LogP contribution in [0.1, 0.15) is 0 Å². The molecule has 0 fully saturated rings. The van der Waals surface area contributed by atoms with Gasteiger partial charge in [-0.15, -0.1) is 0 Å². The van der Waals surface area contributed by atoms with Gasteiger partial charge in [0.25, 0.3) is 5.91 Å². The first-order valence-corrected chi connectivity index (χ1v) is 7.91. The molecule has 5 nitrogen and oxygen atoms in total. The Kier molecular flexibility index (Phi) is 6.31. The number of hydrogen-bond acceptors (Lipinski definition) is 3. The van der Waals surface area contributed by atoms with Gasteiger partial charge in [-0.25, -0.2) is 4.39 Å². The van der Waals surface area contributed by atoms with Crippen LogP contribution in [0.25, 0.3) is 0 Å². The van der Waals surface area contributed by atoms with Crippen molar-refractivity contribution in [2.75, 3.05) is 25.5 Å². The molecule has 0 atom stereocenters. The smallest absolute Gasteiger partial charge is 0.260 e. The SMILES string of the molecule is CN(CC(=O)Nc1ccc(F)cc1)C(=O)COc1ccc(Br)cc1. The largest absolute Gasteiger partial charge is 0.484 e. The molecule has 0 aliphatic heterocycles. The van der Waals surface area contributed by atoms with Crippen LogP contribution in [-0.4, -0.2) is 36.9 Å². The number of anilines is 1. The molecule has 0 bridgehead atoms. The van der Waals surface area contributed by atoms with Crippen molar-refractivity contribution in [3.63, 3.8) is 0 Å². The van der Waals surface area contributed by atoms with Crippen molar-refractivity contribution in [3.05, 3.63) is 58.8 Å². The Morgan fingerprint density at radius 2 is 1.75 bits per heavy atom. The molecule has 0 aliphatic carbocycles. The Morgan fingerprint density at radius 1 is 1.12 bits per heavy atom. The summed E-state index contributed by atoms with van der Waals surface area (Å²) in [6.45, 7) is -0.290. The number of hydrogen-bond donors (Lipinski definition) is 1. The molecule has 0 radical (unpaired) electrons. The van der Waals surface area contributed by atoms with E-state index in [9.17, 15) is 14.0 Å². The molecular formula is C17H16BrFN2O3. The first-order chi connectivity index (χ1) is 11.4. The van der Waals surface area contributed by atoms with Crippen LogP contribution in [0.3, 0.4) is 0 Å². The second-order valence-electron chi connectivity index (χ2n) is 5.05. The van der Waals surface area contributed by atoms with E-state index in [0.717, 1.165) is 4.47 Å². The topological polar surface area (TPSA) is 58.6 Å². The maximum Gasteiger partial charge on any atom is 0.260 e. The van der Waals surface area contributed by atoms with Crippen molar-refractivity contribution < 1.29 is 18.7 Å². The maximum absolute atomic E-state index is 12.8. The van der Waals surface area contributed by atoms with Gasteiger partial charge >= 0.3 is 0 Å². The van der Waals surface area contributed by atoms with E-state index < -0.39 is 0 Å². The van der Waals surface area contributed by atoms with Crippen LogP contribution in [0.4, 0.5) is 10.1 Å². The Hall–Kier alpha value is -2.41. The number of amides is 2. The average Bonchev–Trinajstić information content (AvgIpc) is 2.56. The van der Waals surface area contributed by atoms with E-state index in [1.54, 1.807) is 24.3 Å². The van der Waals surface area contributed by atoms with E-state index in [4.69, 9.17) is 4.74 Å². The van der Waals surface area contributed by atoms with Crippen molar-refractivity contribution in [3.8, 4) is 5.75 Å². The second kappa shape index (κ2) is 8.44. The second-order valence-corrected chi connectivity index (χ2v) is 5.96. The zero-order valence-electron chi connectivity index (χ0n) is 13.0. The maximum atomic E-state index is 12.8. The molecule has 1 N–H and O–H groups in total. The molecule has 0 aliphatic rings. The average molecular weight is 395 g/mol. The van der Waals surface area contributed by atoms with Crippen molar-refractivity contribution in [2.24, 2.45) is 0 Å². The number of ether oxygens (including phenoxy) is 1. The van der Waals surface area contributed by atoms with Crippen LogP contribution in [0.2, 0.25) is 0 Å². The monoisotopic (exact) mass is 394 g/mol. The molecule has 24 heavy (non-hydrogen) atoms. The van der Waals surface area contributed by atoms with Crippen molar-refractivity contribution in [2.45, 2.75) is 0 Å². The third-order valence-corrected chi connectivity index (χ3v) is 3.64. The highest BCUT2D eigenvalue weighted by atomic mass is 79.9. The number of likely N-dealkylation sites (N-methyl/N-ethyl adjacent to an activating group) is 1. The lowest BCUT2D eigenvalue weighted by Crippen LogP contribution is -2.37. The van der Waals surface area contributed by atoms with Gasteiger partial charge in [-0.3, -0.25) is 9.59 Å². The predicted molar refractivity (Wildman–Crippen MR) is 92.3 cm³/mol. The number of rotatable bonds is 6. The highest BCUT2D eigenvalue weighted by Crippen LogP contribution is 2.16. The Bertz CT molecular complexity index is 705. The molecule has 126 valence electrons. The standard InChI is InChI=1S/C17H16BrFN2O3/c1-21(10-16(22)20-14-6-4-13(19)5-7-14)17(23)11-24-15-8-2-12(18)3-9-15/h2-9H,10-11H2,1H3,(H,20,22). The number of benzene rings is 2. The molecule has 0 heterocycles. The summed E-state index contributed by atoms with van der Waals surface area (Å²) in [5.41, 5.74) is 0.466. The van der Waals surface area contributed by atoms with Gasteiger partial charge in [0, 0.05) is 17.2 Å². The highest BCUT2D eigenvalue weighted by Gasteiger charge is 2.14. The lowest BCUT2D eigenvalue weighted by Gasteiger charge is -2.17. The summed E-state index contributed by atoms with van der Waals surface area (Å²) in [6, 6.07) is 12.5. The zero-order valence-corrected chi connectivity index (χ0v) is 14.5. The molecule has 0 unspecified atom stereocenters. The minimum Gasteiger partial charge on any atom is -0.484 e. The highest BCUT2D eigenvalue weighted by molar-refractivity contribution is 9.10. The Labute approximate surface area is 147 Å². The molecule has 0 saturated carbocycles. The van der Waals surface area contributed by atoms with E-state index in [2.05, 4.69) is 21.2 Å². The summed E-state index contributed by atoms with van der Waals surface area (Å²) in [5.74, 6) is -0.519. The first kappa shape index (κ1) is 17.9. The van der Waals surface area contributed by atoms with Gasteiger partial charge in [0.05, 0.1) is 6.54 Å². The van der Waals surface area contributed by atoms with E-state index in [1.807, 2.05) is 0 Å². The van der Waals surface area contributed by atoms with E-state index in [0.29, 0.717) is 11.4 Å². The normalized spacial score (nSPS) is 10.1. The Morgan fingerprint density at radius 3 is 2.38 bits per heavy atom. The van der Waals surface area contributed by atoms with Crippen LogP contribution < -0.4 is 10.1 Å². The number of halogens is 2. The van der Waals surface area contributed by atoms with Crippen molar-refractivity contribution in [1.29, 1.82) is 0 Å². The van der Waals surface area contributed by atoms with Gasteiger partial charge in [0.2, 0.25) is 5.91 Å². The van der Waals surface area contributed by atoms with E-state index >= 15 is 0 Å². The van der Waals surface area contributed by atoms with Crippen LogP contribution in [0, 0.1) is 5.82 Å².